The fraction of sp³-hybridized carbons (Fsp3) is 0.0411. The summed E-state index contributed by atoms with van der Waals surface area (Å²) in [6.07, 6.45) is 0. The van der Waals surface area contributed by atoms with Crippen LogP contribution in [0.4, 0.5) is 0 Å². The Labute approximate surface area is 452 Å². The zero-order valence-electron chi connectivity index (χ0n) is 43.5. The molecule has 0 aliphatic carbocycles. The van der Waals surface area contributed by atoms with E-state index in [9.17, 15) is 0 Å². The third-order valence-electron chi connectivity index (χ3n) is 16.1. The van der Waals surface area contributed by atoms with E-state index in [4.69, 9.17) is 9.97 Å². The third-order valence-corrected chi connectivity index (χ3v) is 16.1. The molecular weight excluding hydrogens is 947 g/mol. The van der Waals surface area contributed by atoms with Crippen molar-refractivity contribution in [1.82, 2.24) is 23.7 Å². The van der Waals surface area contributed by atoms with Crippen molar-refractivity contribution < 1.29 is 0 Å². The van der Waals surface area contributed by atoms with E-state index in [1.807, 2.05) is 0 Å². The Morgan fingerprint density at radius 3 is 1.12 bits per heavy atom. The topological polar surface area (TPSA) is 40.6 Å². The maximum absolute atomic E-state index is 5.14. The molecule has 368 valence electrons. The summed E-state index contributed by atoms with van der Waals surface area (Å²) in [6, 6.07) is 92.7. The molecule has 4 heterocycles. The second-order valence-corrected chi connectivity index (χ2v) is 20.7. The standard InChI is InChI=1S/C73H51N5/c1-46-16-4-6-18-56(46)65-45-64(74-73(75-65)57-19-7-5-17-47(57)2)52-34-32-50(33-35-52)49-28-30-51(31-29-49)53-36-39-66(48(3)42-53)78-71-40-37-54(76-67-24-12-8-20-58(67)59-21-9-13-25-68(59)76)43-62(71)63-44-55(38-41-72(63)78)77-69-26-14-10-22-60(69)61-23-11-15-27-70(61)77/h4-45H,1-3H3. The first-order chi connectivity index (χ1) is 38.4. The predicted octanol–water partition coefficient (Wildman–Crippen LogP) is 19.0. The highest BCUT2D eigenvalue weighted by Crippen LogP contribution is 2.41. The highest BCUT2D eigenvalue weighted by atomic mass is 15.0. The first-order valence-corrected chi connectivity index (χ1v) is 26.8. The molecule has 5 heteroatoms. The molecule has 0 N–H and O–H groups in total. The van der Waals surface area contributed by atoms with Crippen molar-refractivity contribution in [3.05, 3.63) is 271 Å². The van der Waals surface area contributed by atoms with Gasteiger partial charge in [0.15, 0.2) is 5.82 Å². The molecule has 0 aliphatic rings. The van der Waals surface area contributed by atoms with Gasteiger partial charge in [0.2, 0.25) is 0 Å². The molecule has 15 aromatic rings. The van der Waals surface area contributed by atoms with Crippen molar-refractivity contribution >= 4 is 65.4 Å². The lowest BCUT2D eigenvalue weighted by Crippen LogP contribution is -1.98. The Balaban J connectivity index is 0.799. The number of hydrogen-bond donors (Lipinski definition) is 0. The molecule has 0 fully saturated rings. The highest BCUT2D eigenvalue weighted by molar-refractivity contribution is 6.14. The van der Waals surface area contributed by atoms with Crippen LogP contribution in [0.15, 0.2) is 255 Å². The van der Waals surface area contributed by atoms with Crippen LogP contribution in [0.5, 0.6) is 0 Å². The van der Waals surface area contributed by atoms with Gasteiger partial charge in [-0.3, -0.25) is 0 Å². The molecule has 0 amide bonds. The summed E-state index contributed by atoms with van der Waals surface area (Å²) in [4.78, 5) is 10.2. The minimum atomic E-state index is 0.733. The monoisotopic (exact) mass is 997 g/mol. The zero-order chi connectivity index (χ0) is 52.0. The zero-order valence-corrected chi connectivity index (χ0v) is 43.5. The Kier molecular flexibility index (Phi) is 10.5. The Bertz CT molecular complexity index is 4530. The minimum absolute atomic E-state index is 0.733. The molecule has 4 aromatic heterocycles. The summed E-state index contributed by atoms with van der Waals surface area (Å²) in [6.45, 7) is 6.50. The summed E-state index contributed by atoms with van der Waals surface area (Å²) >= 11 is 0. The maximum atomic E-state index is 5.14. The van der Waals surface area contributed by atoms with Crippen molar-refractivity contribution in [3.8, 4) is 73.2 Å². The molecule has 0 bridgehead atoms. The lowest BCUT2D eigenvalue weighted by Gasteiger charge is -2.14. The molecule has 0 saturated heterocycles. The largest absolute Gasteiger partial charge is 0.309 e. The molecule has 0 saturated carbocycles. The third kappa shape index (κ3) is 7.31. The van der Waals surface area contributed by atoms with Gasteiger partial charge < -0.3 is 13.7 Å². The second-order valence-electron chi connectivity index (χ2n) is 20.7. The predicted molar refractivity (Wildman–Crippen MR) is 326 cm³/mol. The molecule has 78 heavy (non-hydrogen) atoms. The van der Waals surface area contributed by atoms with Crippen LogP contribution in [0.25, 0.3) is 139 Å². The average Bonchev–Trinajstić information content (AvgIpc) is 4.35. The van der Waals surface area contributed by atoms with E-state index in [-0.39, 0.29) is 0 Å². The second kappa shape index (κ2) is 18.0. The van der Waals surface area contributed by atoms with Gasteiger partial charge in [0.1, 0.15) is 0 Å². The number of aryl methyl sites for hydroxylation is 3. The van der Waals surface area contributed by atoms with Crippen molar-refractivity contribution in [3.63, 3.8) is 0 Å². The summed E-state index contributed by atoms with van der Waals surface area (Å²) in [5, 5.41) is 7.42. The normalized spacial score (nSPS) is 11.8. The number of fused-ring (bicyclic) bond motifs is 9. The molecule has 11 aromatic carbocycles. The molecule has 15 rings (SSSR count). The van der Waals surface area contributed by atoms with Crippen molar-refractivity contribution in [2.75, 3.05) is 0 Å². The van der Waals surface area contributed by atoms with E-state index in [2.05, 4.69) is 289 Å². The lowest BCUT2D eigenvalue weighted by molar-refractivity contribution is 1.14. The van der Waals surface area contributed by atoms with Crippen molar-refractivity contribution in [2.24, 2.45) is 0 Å². The van der Waals surface area contributed by atoms with Gasteiger partial charge >= 0.3 is 0 Å². The minimum Gasteiger partial charge on any atom is -0.309 e. The van der Waals surface area contributed by atoms with Gasteiger partial charge in [-0.15, -0.1) is 0 Å². The number of rotatable bonds is 8. The fourth-order valence-electron chi connectivity index (χ4n) is 12.3. The van der Waals surface area contributed by atoms with E-state index >= 15 is 0 Å². The first kappa shape index (κ1) is 45.3. The molecule has 0 unspecified atom stereocenters. The molecule has 0 atom stereocenters. The van der Waals surface area contributed by atoms with Gasteiger partial charge in [0, 0.05) is 66.1 Å². The molecule has 0 aliphatic heterocycles. The summed E-state index contributed by atoms with van der Waals surface area (Å²) in [5.41, 5.74) is 23.8. The van der Waals surface area contributed by atoms with E-state index < -0.39 is 0 Å². The van der Waals surface area contributed by atoms with Gasteiger partial charge in [-0.2, -0.15) is 0 Å². The summed E-state index contributed by atoms with van der Waals surface area (Å²) in [5.74, 6) is 0.733. The van der Waals surface area contributed by atoms with Crippen LogP contribution in [-0.2, 0) is 0 Å². The van der Waals surface area contributed by atoms with E-state index in [0.717, 1.165) is 67.7 Å². The van der Waals surface area contributed by atoms with Crippen molar-refractivity contribution in [2.45, 2.75) is 20.8 Å². The van der Waals surface area contributed by atoms with E-state index in [1.54, 1.807) is 0 Å². The Morgan fingerprint density at radius 1 is 0.256 bits per heavy atom. The number of aromatic nitrogens is 5. The highest BCUT2D eigenvalue weighted by Gasteiger charge is 2.21. The number of hydrogen-bond acceptors (Lipinski definition) is 2. The lowest BCUT2D eigenvalue weighted by atomic mass is 9.97. The van der Waals surface area contributed by atoms with Gasteiger partial charge in [-0.1, -0.05) is 176 Å². The van der Waals surface area contributed by atoms with Gasteiger partial charge in [0.05, 0.1) is 44.5 Å². The van der Waals surface area contributed by atoms with Gasteiger partial charge in [-0.25, -0.2) is 9.97 Å². The van der Waals surface area contributed by atoms with Crippen LogP contribution < -0.4 is 0 Å². The Hall–Kier alpha value is -10.1. The first-order valence-electron chi connectivity index (χ1n) is 26.8. The summed E-state index contributed by atoms with van der Waals surface area (Å²) in [7, 11) is 0. The maximum Gasteiger partial charge on any atom is 0.160 e. The van der Waals surface area contributed by atoms with Crippen LogP contribution in [0.1, 0.15) is 16.7 Å². The smallest absolute Gasteiger partial charge is 0.160 e. The van der Waals surface area contributed by atoms with Crippen LogP contribution in [0.3, 0.4) is 0 Å². The summed E-state index contributed by atoms with van der Waals surface area (Å²) < 4.78 is 7.32. The molecule has 0 spiro atoms. The van der Waals surface area contributed by atoms with Crippen molar-refractivity contribution in [1.29, 1.82) is 0 Å². The fourth-order valence-corrected chi connectivity index (χ4v) is 12.3. The van der Waals surface area contributed by atoms with Gasteiger partial charge in [-0.05, 0) is 139 Å². The quantitative estimate of drug-likeness (QED) is 0.152. The SMILES string of the molecule is Cc1ccccc1-c1cc(-c2ccc(-c3ccc(-c4ccc(-n5c6ccc(-n7c8ccccc8c8ccccc87)cc6c6cc(-n7c8ccccc8c8ccccc87)ccc65)c(C)c4)cc3)cc2)nc(-c2ccccc2C)n1. The number of nitrogens with zero attached hydrogens (tertiary/aromatic N) is 5. The Morgan fingerprint density at radius 2 is 0.641 bits per heavy atom. The van der Waals surface area contributed by atoms with Gasteiger partial charge in [0.25, 0.3) is 0 Å². The number of para-hydroxylation sites is 4. The van der Waals surface area contributed by atoms with Crippen LogP contribution in [-0.4, -0.2) is 23.7 Å². The molecule has 5 nitrogen and oxygen atoms in total. The van der Waals surface area contributed by atoms with Crippen LogP contribution in [0.2, 0.25) is 0 Å². The van der Waals surface area contributed by atoms with E-state index in [0.29, 0.717) is 0 Å². The van der Waals surface area contributed by atoms with Crippen LogP contribution in [0, 0.1) is 20.8 Å². The number of benzene rings is 11. The molecular formula is C73H51N5. The van der Waals surface area contributed by atoms with Crippen LogP contribution >= 0.6 is 0 Å². The van der Waals surface area contributed by atoms with E-state index in [1.165, 1.54) is 87.7 Å². The average molecular weight is 998 g/mol. The molecule has 0 radical (unpaired) electrons.